The Morgan fingerprint density at radius 2 is 1.72 bits per heavy atom. The number of anilines is 2. The second-order valence-electron chi connectivity index (χ2n) is 12.7. The van der Waals surface area contributed by atoms with Crippen molar-refractivity contribution >= 4 is 35.2 Å². The van der Waals surface area contributed by atoms with Crippen molar-refractivity contribution in [1.29, 1.82) is 0 Å². The third kappa shape index (κ3) is 7.75. The van der Waals surface area contributed by atoms with Crippen LogP contribution in [0.1, 0.15) is 116 Å². The Bertz CT molecular complexity index is 1210. The number of nitrogens with zero attached hydrogens (tertiary/aromatic N) is 2. The zero-order chi connectivity index (χ0) is 30.8. The van der Waals surface area contributed by atoms with Gasteiger partial charge in [-0.2, -0.15) is 0 Å². The van der Waals surface area contributed by atoms with E-state index >= 15 is 0 Å². The molecule has 0 radical (unpaired) electrons. The number of benzene rings is 2. The van der Waals surface area contributed by atoms with E-state index in [2.05, 4.69) is 73.9 Å². The normalized spacial score (nSPS) is 17.9. The molecule has 0 amide bonds. The number of carbonyl (C=O) groups excluding carboxylic acids is 2. The number of hydrogen-bond acceptors (Lipinski definition) is 6. The molecule has 6 heteroatoms. The van der Waals surface area contributed by atoms with Gasteiger partial charge in [0.05, 0.1) is 24.6 Å². The lowest BCUT2D eigenvalue weighted by Crippen LogP contribution is -2.53. The Labute approximate surface area is 265 Å². The fourth-order valence-electron chi connectivity index (χ4n) is 6.78. The summed E-state index contributed by atoms with van der Waals surface area (Å²) in [7, 11) is 0. The lowest BCUT2D eigenvalue weighted by atomic mass is 9.85. The van der Waals surface area contributed by atoms with Crippen LogP contribution in [0.3, 0.4) is 0 Å². The van der Waals surface area contributed by atoms with Crippen LogP contribution in [0.25, 0.3) is 0 Å². The smallest absolute Gasteiger partial charge is 0.154 e. The first-order valence-corrected chi connectivity index (χ1v) is 17.7. The van der Waals surface area contributed by atoms with Crippen molar-refractivity contribution in [3.63, 3.8) is 0 Å². The maximum Gasteiger partial charge on any atom is 0.154 e. The largest absolute Gasteiger partial charge is 0.379 e. The SMILES string of the molecule is CCCCCCCC(C=O)c1ccc2c(c1)Sc1c(cccc1C(C)(C(C)=O)N1CCOCC1)N2CC(CC)CCCC. The summed E-state index contributed by atoms with van der Waals surface area (Å²) in [5, 5.41) is 0. The Balaban J connectivity index is 1.76. The van der Waals surface area contributed by atoms with Crippen LogP contribution < -0.4 is 4.90 Å². The van der Waals surface area contributed by atoms with E-state index in [0.717, 1.165) is 56.3 Å². The van der Waals surface area contributed by atoms with Crippen molar-refractivity contribution in [3.05, 3.63) is 47.5 Å². The Morgan fingerprint density at radius 1 is 0.977 bits per heavy atom. The Kier molecular flexibility index (Phi) is 12.7. The molecule has 3 atom stereocenters. The predicted octanol–water partition coefficient (Wildman–Crippen LogP) is 9.29. The van der Waals surface area contributed by atoms with Crippen LogP contribution in [0.4, 0.5) is 11.4 Å². The molecular formula is C37H54N2O3S. The van der Waals surface area contributed by atoms with Gasteiger partial charge in [0.15, 0.2) is 5.78 Å². The highest BCUT2D eigenvalue weighted by Gasteiger charge is 2.42. The first-order valence-electron chi connectivity index (χ1n) is 16.9. The van der Waals surface area contributed by atoms with Gasteiger partial charge in [0.1, 0.15) is 11.8 Å². The van der Waals surface area contributed by atoms with Gasteiger partial charge < -0.3 is 14.4 Å². The summed E-state index contributed by atoms with van der Waals surface area (Å²) < 4.78 is 5.67. The molecule has 2 aliphatic rings. The van der Waals surface area contributed by atoms with Crippen LogP contribution >= 0.6 is 11.8 Å². The number of carbonyl (C=O) groups is 2. The average molecular weight is 607 g/mol. The van der Waals surface area contributed by atoms with Gasteiger partial charge in [-0.05, 0) is 61.9 Å². The number of aldehydes is 1. The maximum absolute atomic E-state index is 13.5. The van der Waals surface area contributed by atoms with E-state index in [1.165, 1.54) is 66.1 Å². The van der Waals surface area contributed by atoms with Crippen LogP contribution in [0.2, 0.25) is 0 Å². The van der Waals surface area contributed by atoms with Crippen LogP contribution in [0.5, 0.6) is 0 Å². The summed E-state index contributed by atoms with van der Waals surface area (Å²) in [5.74, 6) is 0.658. The highest BCUT2D eigenvalue weighted by Crippen LogP contribution is 2.53. The summed E-state index contributed by atoms with van der Waals surface area (Å²) >= 11 is 1.78. The minimum Gasteiger partial charge on any atom is -0.379 e. The van der Waals surface area contributed by atoms with Gasteiger partial charge in [0.25, 0.3) is 0 Å². The number of ketones is 1. The van der Waals surface area contributed by atoms with Crippen molar-refractivity contribution < 1.29 is 14.3 Å². The number of hydrogen-bond donors (Lipinski definition) is 0. The highest BCUT2D eigenvalue weighted by molar-refractivity contribution is 7.99. The van der Waals surface area contributed by atoms with Crippen LogP contribution in [-0.4, -0.2) is 49.8 Å². The van der Waals surface area contributed by atoms with Gasteiger partial charge in [-0.3, -0.25) is 9.69 Å². The van der Waals surface area contributed by atoms with Crippen molar-refractivity contribution in [1.82, 2.24) is 4.90 Å². The first-order chi connectivity index (χ1) is 20.9. The molecular weight excluding hydrogens is 552 g/mol. The summed E-state index contributed by atoms with van der Waals surface area (Å²) in [6, 6.07) is 13.2. The molecule has 3 unspecified atom stereocenters. The monoisotopic (exact) mass is 606 g/mol. The molecule has 0 aliphatic carbocycles. The van der Waals surface area contributed by atoms with E-state index < -0.39 is 5.54 Å². The predicted molar refractivity (Wildman–Crippen MR) is 180 cm³/mol. The van der Waals surface area contributed by atoms with Crippen molar-refractivity contribution in [2.45, 2.75) is 120 Å². The summed E-state index contributed by atoms with van der Waals surface area (Å²) in [6.45, 7) is 14.4. The fraction of sp³-hybridized carbons (Fsp3) is 0.622. The van der Waals surface area contributed by atoms with E-state index in [0.29, 0.717) is 19.1 Å². The third-order valence-corrected chi connectivity index (χ3v) is 11.0. The number of morpholine rings is 1. The Hall–Kier alpha value is -2.15. The zero-order valence-electron chi connectivity index (χ0n) is 27.3. The van der Waals surface area contributed by atoms with Crippen molar-refractivity contribution in [3.8, 4) is 0 Å². The van der Waals surface area contributed by atoms with Gasteiger partial charge >= 0.3 is 0 Å². The van der Waals surface area contributed by atoms with Crippen LogP contribution in [0, 0.1) is 5.92 Å². The molecule has 2 aliphatic heterocycles. The quantitative estimate of drug-likeness (QED) is 0.132. The van der Waals surface area contributed by atoms with Crippen molar-refractivity contribution in [2.24, 2.45) is 5.92 Å². The molecule has 0 aromatic heterocycles. The molecule has 0 bridgehead atoms. The molecule has 1 saturated heterocycles. The van der Waals surface area contributed by atoms with E-state index in [-0.39, 0.29) is 11.7 Å². The van der Waals surface area contributed by atoms with Crippen molar-refractivity contribution in [2.75, 3.05) is 37.7 Å². The maximum atomic E-state index is 13.5. The molecule has 43 heavy (non-hydrogen) atoms. The number of fused-ring (bicyclic) bond motifs is 2. The minimum absolute atomic E-state index is 0.0820. The molecule has 0 N–H and O–H groups in total. The van der Waals surface area contributed by atoms with E-state index in [9.17, 15) is 9.59 Å². The molecule has 2 aromatic rings. The Morgan fingerprint density at radius 3 is 2.40 bits per heavy atom. The first kappa shape index (κ1) is 33.7. The zero-order valence-corrected chi connectivity index (χ0v) is 28.1. The lowest BCUT2D eigenvalue weighted by molar-refractivity contribution is -0.132. The number of rotatable bonds is 17. The molecule has 0 spiro atoms. The fourth-order valence-corrected chi connectivity index (χ4v) is 8.14. The minimum atomic E-state index is -0.737. The molecule has 4 rings (SSSR count). The molecule has 1 fully saturated rings. The van der Waals surface area contributed by atoms with Gasteiger partial charge in [0.2, 0.25) is 0 Å². The second kappa shape index (κ2) is 16.2. The number of unbranched alkanes of at least 4 members (excludes halogenated alkanes) is 5. The summed E-state index contributed by atoms with van der Waals surface area (Å²) in [5.41, 5.74) is 3.87. The molecule has 5 nitrogen and oxygen atoms in total. The number of ether oxygens (including phenoxy) is 1. The molecule has 0 saturated carbocycles. The molecule has 2 aromatic carbocycles. The highest BCUT2D eigenvalue weighted by atomic mass is 32.2. The summed E-state index contributed by atoms with van der Waals surface area (Å²) in [6.07, 6.45) is 12.8. The van der Waals surface area contributed by atoms with Crippen LogP contribution in [-0.2, 0) is 19.9 Å². The molecule has 2 heterocycles. The van der Waals surface area contributed by atoms with Gasteiger partial charge in [-0.15, -0.1) is 0 Å². The van der Waals surface area contributed by atoms with Gasteiger partial charge in [-0.25, -0.2) is 0 Å². The standard InChI is InChI=1S/C37H54N2O3S/c1-6-9-11-12-13-16-31(27-40)30-19-20-33-35(25-30)43-36-32(37(5,28(4)41)38-21-23-42-24-22-38)17-14-18-34(36)39(33)26-29(8-3)15-10-7-2/h14,17-20,25,27,29,31H,6-13,15-16,21-24,26H2,1-5H3. The summed E-state index contributed by atoms with van der Waals surface area (Å²) in [4.78, 5) is 33.0. The van der Waals surface area contributed by atoms with Gasteiger partial charge in [-0.1, -0.05) is 102 Å². The second-order valence-corrected chi connectivity index (χ2v) is 13.7. The van der Waals surface area contributed by atoms with Crippen LogP contribution in [0.15, 0.2) is 46.2 Å². The number of Topliss-reactive ketones (excluding diaryl/α,β-unsaturated/α-hetero) is 1. The van der Waals surface area contributed by atoms with E-state index in [4.69, 9.17) is 4.74 Å². The molecule has 236 valence electrons. The lowest BCUT2D eigenvalue weighted by Gasteiger charge is -2.44. The third-order valence-electron chi connectivity index (χ3n) is 9.82. The topological polar surface area (TPSA) is 49.9 Å². The average Bonchev–Trinajstić information content (AvgIpc) is 3.03. The van der Waals surface area contributed by atoms with E-state index in [1.54, 1.807) is 18.7 Å². The van der Waals surface area contributed by atoms with E-state index in [1.807, 2.05) is 0 Å². The van der Waals surface area contributed by atoms with Gasteiger partial charge in [0, 0.05) is 35.3 Å².